The number of carbonyl (C=O) groups is 1. The zero-order valence-electron chi connectivity index (χ0n) is 10.7. The minimum Gasteiger partial charge on any atom is -0.446 e. The van der Waals surface area contributed by atoms with Gasteiger partial charge in [0.2, 0.25) is 6.04 Å². The van der Waals surface area contributed by atoms with Crippen LogP contribution in [0.15, 0.2) is 0 Å². The summed E-state index contributed by atoms with van der Waals surface area (Å²) in [6.07, 6.45) is -13.9. The van der Waals surface area contributed by atoms with E-state index in [1.807, 2.05) is 0 Å². The minimum atomic E-state index is -5.64. The van der Waals surface area contributed by atoms with Crippen molar-refractivity contribution in [3.8, 4) is 0 Å². The number of hydrogen-bond acceptors (Lipinski definition) is 2. The van der Waals surface area contributed by atoms with Crippen LogP contribution >= 0.6 is 0 Å². The molecule has 0 unspecified atom stereocenters. The molecule has 0 aromatic heterocycles. The smallest absolute Gasteiger partial charge is 0.417 e. The van der Waals surface area contributed by atoms with Crippen molar-refractivity contribution in [2.45, 2.75) is 52.2 Å². The van der Waals surface area contributed by atoms with E-state index in [0.717, 1.165) is 5.32 Å². The Bertz CT molecular complexity index is 303. The molecular weight excluding hydrogens is 280 g/mol. The number of halogens is 6. The molecule has 0 aliphatic carbocycles. The summed E-state index contributed by atoms with van der Waals surface area (Å²) in [6, 6.07) is -3.94. The second-order valence-corrected chi connectivity index (χ2v) is 5.07. The number of carbonyl (C=O) groups excluding carboxylic acids is 1. The average Bonchev–Trinajstić information content (AvgIpc) is 2.08. The molecule has 0 spiro atoms. The summed E-state index contributed by atoms with van der Waals surface area (Å²) in [5.41, 5.74) is -0.608. The second-order valence-electron chi connectivity index (χ2n) is 5.07. The van der Waals surface area contributed by atoms with E-state index in [9.17, 15) is 31.1 Å². The molecule has 0 saturated heterocycles. The van der Waals surface area contributed by atoms with Gasteiger partial charge < -0.3 is 10.1 Å². The quantitative estimate of drug-likeness (QED) is 0.790. The van der Waals surface area contributed by atoms with Gasteiger partial charge in [0, 0.05) is 0 Å². The molecule has 0 aromatic rings. The third-order valence-electron chi connectivity index (χ3n) is 2.42. The Labute approximate surface area is 106 Å². The number of alkyl halides is 6. The Kier molecular flexibility index (Phi) is 5.13. The molecule has 1 N–H and O–H groups in total. The maximum Gasteiger partial charge on any atom is 0.417 e. The number of rotatable bonds is 2. The lowest BCUT2D eigenvalue weighted by Gasteiger charge is -2.29. The van der Waals surface area contributed by atoms with Crippen molar-refractivity contribution in [2.75, 3.05) is 0 Å². The summed E-state index contributed by atoms with van der Waals surface area (Å²) in [4.78, 5) is 11.1. The molecule has 3 nitrogen and oxygen atoms in total. The first-order valence-corrected chi connectivity index (χ1v) is 5.26. The number of hydrogen-bond donors (Lipinski definition) is 1. The number of alkyl carbamates (subject to hydrolysis) is 1. The van der Waals surface area contributed by atoms with Crippen molar-refractivity contribution in [2.24, 2.45) is 5.41 Å². The molecule has 0 saturated carbocycles. The fourth-order valence-corrected chi connectivity index (χ4v) is 0.838. The maximum atomic E-state index is 12.2. The molecule has 19 heavy (non-hydrogen) atoms. The van der Waals surface area contributed by atoms with Gasteiger partial charge in [0.05, 0.1) is 0 Å². The molecule has 0 fully saturated rings. The van der Waals surface area contributed by atoms with Gasteiger partial charge in [0.1, 0.15) is 6.10 Å². The fourth-order valence-electron chi connectivity index (χ4n) is 0.838. The first-order valence-electron chi connectivity index (χ1n) is 5.26. The average molecular weight is 295 g/mol. The molecule has 0 aliphatic rings. The molecule has 0 heterocycles. The SMILES string of the molecule is C[C@@H](OC(=O)NC(C(F)(F)F)C(F)(F)F)C(C)(C)C. The highest BCUT2D eigenvalue weighted by Crippen LogP contribution is 2.33. The van der Waals surface area contributed by atoms with Crippen molar-refractivity contribution >= 4 is 6.09 Å². The molecule has 0 bridgehead atoms. The van der Waals surface area contributed by atoms with Crippen molar-refractivity contribution in [3.05, 3.63) is 0 Å². The van der Waals surface area contributed by atoms with Crippen LogP contribution in [0.1, 0.15) is 27.7 Å². The predicted octanol–water partition coefficient (Wildman–Crippen LogP) is 3.64. The summed E-state index contributed by atoms with van der Waals surface area (Å²) in [6.45, 7) is 6.23. The molecule has 114 valence electrons. The largest absolute Gasteiger partial charge is 0.446 e. The van der Waals surface area contributed by atoms with E-state index in [1.54, 1.807) is 20.8 Å². The van der Waals surface area contributed by atoms with Crippen LogP contribution in [-0.2, 0) is 4.74 Å². The first-order chi connectivity index (χ1) is 8.15. The maximum absolute atomic E-state index is 12.2. The Morgan fingerprint density at radius 1 is 1.00 bits per heavy atom. The van der Waals surface area contributed by atoms with Crippen LogP contribution in [0, 0.1) is 5.41 Å². The van der Waals surface area contributed by atoms with Crippen LogP contribution in [0.2, 0.25) is 0 Å². The molecule has 0 aliphatic heterocycles. The van der Waals surface area contributed by atoms with Gasteiger partial charge in [-0.3, -0.25) is 0 Å². The van der Waals surface area contributed by atoms with Crippen molar-refractivity contribution < 1.29 is 35.9 Å². The van der Waals surface area contributed by atoms with Gasteiger partial charge in [-0.25, -0.2) is 4.79 Å². The standard InChI is InChI=1S/C10H15F6NO2/c1-5(8(2,3)4)19-7(18)17-6(9(11,12)13)10(14,15)16/h5-6H,1-4H3,(H,17,18)/t5-/m1/s1. The van der Waals surface area contributed by atoms with E-state index in [-0.39, 0.29) is 0 Å². The van der Waals surface area contributed by atoms with E-state index in [4.69, 9.17) is 0 Å². The Hall–Kier alpha value is -1.15. The zero-order chi connectivity index (χ0) is 15.6. The Balaban J connectivity index is 4.77. The van der Waals surface area contributed by atoms with Gasteiger partial charge in [-0.1, -0.05) is 20.8 Å². The zero-order valence-corrected chi connectivity index (χ0v) is 10.7. The second kappa shape index (κ2) is 5.46. The van der Waals surface area contributed by atoms with Crippen molar-refractivity contribution in [3.63, 3.8) is 0 Å². The topological polar surface area (TPSA) is 38.3 Å². The van der Waals surface area contributed by atoms with Crippen LogP contribution in [0.4, 0.5) is 31.1 Å². The molecule has 9 heteroatoms. The van der Waals surface area contributed by atoms with Gasteiger partial charge in [-0.15, -0.1) is 0 Å². The molecule has 0 radical (unpaired) electrons. The summed E-state index contributed by atoms with van der Waals surface area (Å²) < 4.78 is 77.4. The first kappa shape index (κ1) is 17.8. The van der Waals surface area contributed by atoms with E-state index >= 15 is 0 Å². The molecule has 1 atom stereocenters. The molecule has 0 rings (SSSR count). The van der Waals surface area contributed by atoms with Crippen LogP contribution in [-0.4, -0.2) is 30.6 Å². The fraction of sp³-hybridized carbons (Fsp3) is 0.900. The minimum absolute atomic E-state index is 0.608. The summed E-state index contributed by atoms with van der Waals surface area (Å²) >= 11 is 0. The summed E-state index contributed by atoms with van der Waals surface area (Å²) in [5.74, 6) is 0. The molecular formula is C10H15F6NO2. The normalized spacial score (nSPS) is 15.3. The number of ether oxygens (including phenoxy) is 1. The highest BCUT2D eigenvalue weighted by molar-refractivity contribution is 5.68. The third kappa shape index (κ3) is 6.02. The van der Waals surface area contributed by atoms with Crippen LogP contribution in [0.25, 0.3) is 0 Å². The van der Waals surface area contributed by atoms with Gasteiger partial charge >= 0.3 is 18.4 Å². The van der Waals surface area contributed by atoms with Crippen LogP contribution in [0.5, 0.6) is 0 Å². The van der Waals surface area contributed by atoms with E-state index < -0.39 is 36.0 Å². The third-order valence-corrected chi connectivity index (χ3v) is 2.42. The monoisotopic (exact) mass is 295 g/mol. The van der Waals surface area contributed by atoms with E-state index in [2.05, 4.69) is 4.74 Å². The van der Waals surface area contributed by atoms with Gasteiger partial charge in [-0.05, 0) is 12.3 Å². The van der Waals surface area contributed by atoms with E-state index in [0.29, 0.717) is 0 Å². The van der Waals surface area contributed by atoms with E-state index in [1.165, 1.54) is 6.92 Å². The predicted molar refractivity (Wildman–Crippen MR) is 54.4 cm³/mol. The lowest BCUT2D eigenvalue weighted by molar-refractivity contribution is -0.256. The van der Waals surface area contributed by atoms with Gasteiger partial charge in [-0.2, -0.15) is 26.3 Å². The van der Waals surface area contributed by atoms with Crippen molar-refractivity contribution in [1.82, 2.24) is 5.32 Å². The van der Waals surface area contributed by atoms with Crippen molar-refractivity contribution in [1.29, 1.82) is 0 Å². The van der Waals surface area contributed by atoms with Gasteiger partial charge in [0.15, 0.2) is 0 Å². The highest BCUT2D eigenvalue weighted by atomic mass is 19.4. The lowest BCUT2D eigenvalue weighted by atomic mass is 9.90. The highest BCUT2D eigenvalue weighted by Gasteiger charge is 2.58. The van der Waals surface area contributed by atoms with Crippen LogP contribution < -0.4 is 5.32 Å². The summed E-state index contributed by atoms with van der Waals surface area (Å²) in [5, 5.41) is 0.789. The molecule has 0 aromatic carbocycles. The number of amides is 1. The Morgan fingerprint density at radius 2 is 1.37 bits per heavy atom. The number of nitrogens with one attached hydrogen (secondary N) is 1. The molecule has 1 amide bonds. The Morgan fingerprint density at radius 3 is 1.63 bits per heavy atom. The summed E-state index contributed by atoms with van der Waals surface area (Å²) in [7, 11) is 0. The van der Waals surface area contributed by atoms with Crippen LogP contribution in [0.3, 0.4) is 0 Å². The van der Waals surface area contributed by atoms with Gasteiger partial charge in [0.25, 0.3) is 0 Å². The lowest BCUT2D eigenvalue weighted by Crippen LogP contribution is -2.55.